The lowest BCUT2D eigenvalue weighted by Gasteiger charge is -2.13. The van der Waals surface area contributed by atoms with Crippen LogP contribution in [-0.2, 0) is 6.54 Å². The van der Waals surface area contributed by atoms with Crippen molar-refractivity contribution in [2.75, 3.05) is 29.6 Å². The van der Waals surface area contributed by atoms with Crippen molar-refractivity contribution in [3.05, 3.63) is 78.4 Å². The molecular weight excluding hydrogens is 326 g/mol. The normalized spacial score (nSPS) is 10.2. The highest BCUT2D eigenvalue weighted by Gasteiger charge is 2.09. The molecule has 0 aliphatic rings. The zero-order valence-corrected chi connectivity index (χ0v) is 14.8. The molecule has 1 amide bonds. The molecule has 6 heteroatoms. The van der Waals surface area contributed by atoms with E-state index >= 15 is 0 Å². The fourth-order valence-corrected chi connectivity index (χ4v) is 2.41. The van der Waals surface area contributed by atoms with E-state index in [-0.39, 0.29) is 5.91 Å². The molecule has 2 N–H and O–H groups in total. The van der Waals surface area contributed by atoms with Gasteiger partial charge in [-0.1, -0.05) is 0 Å². The number of carbonyl (C=O) groups excluding carboxylic acids is 1. The van der Waals surface area contributed by atoms with Gasteiger partial charge >= 0.3 is 0 Å². The van der Waals surface area contributed by atoms with Gasteiger partial charge in [-0.2, -0.15) is 0 Å². The van der Waals surface area contributed by atoms with Gasteiger partial charge in [-0.3, -0.25) is 14.8 Å². The number of nitrogens with one attached hydrogen (secondary N) is 2. The van der Waals surface area contributed by atoms with Crippen molar-refractivity contribution < 1.29 is 4.79 Å². The Bertz CT molecular complexity index is 863. The molecule has 0 saturated heterocycles. The van der Waals surface area contributed by atoms with Crippen LogP contribution in [0.3, 0.4) is 0 Å². The van der Waals surface area contributed by atoms with Gasteiger partial charge in [-0.25, -0.2) is 0 Å². The van der Waals surface area contributed by atoms with E-state index in [0.29, 0.717) is 12.2 Å². The minimum Gasteiger partial charge on any atom is -0.381 e. The number of carbonyl (C=O) groups is 1. The Balaban J connectivity index is 1.64. The Morgan fingerprint density at radius 2 is 1.69 bits per heavy atom. The highest BCUT2D eigenvalue weighted by atomic mass is 16.1. The highest BCUT2D eigenvalue weighted by molar-refractivity contribution is 6.03. The van der Waals surface area contributed by atoms with E-state index in [9.17, 15) is 4.79 Å². The summed E-state index contributed by atoms with van der Waals surface area (Å²) in [6.45, 7) is 0.652. The standard InChI is InChI=1S/C20H21N5O/c1-25(2)18-5-3-16(4-6-18)24-20(26)19-13-17(9-12-22-19)23-14-15-7-10-21-11-8-15/h3-13H,14H2,1-2H3,(H,22,23)(H,24,26). The molecule has 0 fully saturated rings. The van der Waals surface area contributed by atoms with Gasteiger partial charge in [0, 0.05) is 56.3 Å². The molecule has 2 aromatic heterocycles. The van der Waals surface area contributed by atoms with Gasteiger partial charge in [-0.05, 0) is 54.1 Å². The maximum Gasteiger partial charge on any atom is 0.274 e. The molecule has 0 unspecified atom stereocenters. The third kappa shape index (κ3) is 4.57. The molecule has 3 aromatic rings. The zero-order valence-electron chi connectivity index (χ0n) is 14.8. The first-order valence-electron chi connectivity index (χ1n) is 8.29. The molecule has 6 nitrogen and oxygen atoms in total. The van der Waals surface area contributed by atoms with E-state index in [1.807, 2.05) is 61.5 Å². The van der Waals surface area contributed by atoms with Crippen molar-refractivity contribution in [3.63, 3.8) is 0 Å². The van der Waals surface area contributed by atoms with E-state index in [4.69, 9.17) is 0 Å². The summed E-state index contributed by atoms with van der Waals surface area (Å²) < 4.78 is 0. The third-order valence-electron chi connectivity index (χ3n) is 3.88. The van der Waals surface area contributed by atoms with E-state index in [1.54, 1.807) is 24.7 Å². The van der Waals surface area contributed by atoms with Gasteiger partial charge in [0.1, 0.15) is 5.69 Å². The minimum atomic E-state index is -0.241. The minimum absolute atomic E-state index is 0.241. The Kier molecular flexibility index (Phi) is 5.43. The van der Waals surface area contributed by atoms with Gasteiger partial charge in [-0.15, -0.1) is 0 Å². The van der Waals surface area contributed by atoms with Crippen LogP contribution in [0.2, 0.25) is 0 Å². The molecule has 132 valence electrons. The van der Waals surface area contributed by atoms with Gasteiger partial charge in [0.25, 0.3) is 5.91 Å². The summed E-state index contributed by atoms with van der Waals surface area (Å²) in [5, 5.41) is 6.16. The molecule has 0 atom stereocenters. The predicted molar refractivity (Wildman–Crippen MR) is 105 cm³/mol. The summed E-state index contributed by atoms with van der Waals surface area (Å²) in [5.41, 5.74) is 4.12. The molecule has 0 radical (unpaired) electrons. The second kappa shape index (κ2) is 8.11. The number of rotatable bonds is 6. The summed E-state index contributed by atoms with van der Waals surface area (Å²) in [6, 6.07) is 15.1. The van der Waals surface area contributed by atoms with Crippen molar-refractivity contribution in [2.24, 2.45) is 0 Å². The van der Waals surface area contributed by atoms with Crippen LogP contribution in [0, 0.1) is 0 Å². The van der Waals surface area contributed by atoms with Crippen molar-refractivity contribution in [1.29, 1.82) is 0 Å². The lowest BCUT2D eigenvalue weighted by molar-refractivity contribution is 0.102. The smallest absolute Gasteiger partial charge is 0.274 e. The molecule has 0 spiro atoms. The number of pyridine rings is 2. The molecule has 0 aliphatic heterocycles. The fourth-order valence-electron chi connectivity index (χ4n) is 2.41. The van der Waals surface area contributed by atoms with E-state index in [1.165, 1.54) is 0 Å². The molecule has 2 heterocycles. The van der Waals surface area contributed by atoms with Crippen LogP contribution >= 0.6 is 0 Å². The lowest BCUT2D eigenvalue weighted by Crippen LogP contribution is -2.14. The van der Waals surface area contributed by atoms with Crippen molar-refractivity contribution >= 4 is 23.0 Å². The van der Waals surface area contributed by atoms with Crippen molar-refractivity contribution in [2.45, 2.75) is 6.54 Å². The molecule has 26 heavy (non-hydrogen) atoms. The number of anilines is 3. The first-order chi connectivity index (χ1) is 12.6. The van der Waals surface area contributed by atoms with Crippen LogP contribution < -0.4 is 15.5 Å². The molecule has 3 rings (SSSR count). The van der Waals surface area contributed by atoms with E-state index in [0.717, 1.165) is 22.6 Å². The maximum absolute atomic E-state index is 12.4. The summed E-state index contributed by atoms with van der Waals surface area (Å²) in [5.74, 6) is -0.241. The number of hydrogen-bond donors (Lipinski definition) is 2. The quantitative estimate of drug-likeness (QED) is 0.715. The SMILES string of the molecule is CN(C)c1ccc(NC(=O)c2cc(NCc3ccncc3)ccn2)cc1. The third-order valence-corrected chi connectivity index (χ3v) is 3.88. The lowest BCUT2D eigenvalue weighted by atomic mass is 10.2. The molecular formula is C20H21N5O. The zero-order chi connectivity index (χ0) is 18.4. The maximum atomic E-state index is 12.4. The number of hydrogen-bond acceptors (Lipinski definition) is 5. The van der Waals surface area contributed by atoms with Crippen LogP contribution in [0.15, 0.2) is 67.1 Å². The monoisotopic (exact) mass is 347 g/mol. The molecule has 1 aromatic carbocycles. The number of amides is 1. The highest BCUT2D eigenvalue weighted by Crippen LogP contribution is 2.17. The Morgan fingerprint density at radius 3 is 2.38 bits per heavy atom. The topological polar surface area (TPSA) is 70.2 Å². The second-order valence-corrected chi connectivity index (χ2v) is 6.03. The average molecular weight is 347 g/mol. The van der Waals surface area contributed by atoms with Gasteiger partial charge in [0.2, 0.25) is 0 Å². The van der Waals surface area contributed by atoms with Gasteiger partial charge in [0.15, 0.2) is 0 Å². The van der Waals surface area contributed by atoms with E-state index in [2.05, 4.69) is 20.6 Å². The van der Waals surface area contributed by atoms with Crippen LogP contribution in [0.1, 0.15) is 16.1 Å². The molecule has 0 bridgehead atoms. The van der Waals surface area contributed by atoms with Gasteiger partial charge < -0.3 is 15.5 Å². The van der Waals surface area contributed by atoms with Crippen molar-refractivity contribution in [1.82, 2.24) is 9.97 Å². The predicted octanol–water partition coefficient (Wildman–Crippen LogP) is 3.41. The first-order valence-corrected chi connectivity index (χ1v) is 8.29. The Morgan fingerprint density at radius 1 is 0.962 bits per heavy atom. The summed E-state index contributed by atoms with van der Waals surface area (Å²) in [7, 11) is 3.95. The number of benzene rings is 1. The largest absolute Gasteiger partial charge is 0.381 e. The fraction of sp³-hybridized carbons (Fsp3) is 0.150. The van der Waals surface area contributed by atoms with Gasteiger partial charge in [0.05, 0.1) is 0 Å². The first kappa shape index (κ1) is 17.4. The van der Waals surface area contributed by atoms with Crippen LogP contribution in [0.25, 0.3) is 0 Å². The summed E-state index contributed by atoms with van der Waals surface area (Å²) in [4.78, 5) is 22.6. The number of aromatic nitrogens is 2. The Labute approximate surface area is 152 Å². The number of nitrogens with zero attached hydrogens (tertiary/aromatic N) is 3. The van der Waals surface area contributed by atoms with Crippen LogP contribution in [-0.4, -0.2) is 30.0 Å². The average Bonchev–Trinajstić information content (AvgIpc) is 2.68. The van der Waals surface area contributed by atoms with Crippen LogP contribution in [0.4, 0.5) is 17.1 Å². The van der Waals surface area contributed by atoms with Crippen molar-refractivity contribution in [3.8, 4) is 0 Å². The summed E-state index contributed by atoms with van der Waals surface area (Å²) in [6.07, 6.45) is 5.13. The molecule has 0 aliphatic carbocycles. The van der Waals surface area contributed by atoms with Crippen LogP contribution in [0.5, 0.6) is 0 Å². The second-order valence-electron chi connectivity index (χ2n) is 6.03. The van der Waals surface area contributed by atoms with E-state index < -0.39 is 0 Å². The summed E-state index contributed by atoms with van der Waals surface area (Å²) >= 11 is 0. The molecule has 0 saturated carbocycles. The Hall–Kier alpha value is -3.41.